The van der Waals surface area contributed by atoms with Crippen LogP contribution in [0.2, 0.25) is 0 Å². The number of allylic oxidation sites excluding steroid dienone is 4. The van der Waals surface area contributed by atoms with E-state index in [1.165, 1.54) is 11.1 Å². The summed E-state index contributed by atoms with van der Waals surface area (Å²) in [5, 5.41) is 3.38. The maximum Gasteiger partial charge on any atom is 0.0457 e. The first-order valence-corrected chi connectivity index (χ1v) is 5.19. The minimum absolute atomic E-state index is 1.04. The summed E-state index contributed by atoms with van der Waals surface area (Å²) in [7, 11) is 0. The normalized spacial score (nSPS) is 14.2. The molecule has 1 aliphatic rings. The van der Waals surface area contributed by atoms with Crippen molar-refractivity contribution in [3.05, 3.63) is 59.3 Å². The van der Waals surface area contributed by atoms with E-state index < -0.39 is 0 Å². The van der Waals surface area contributed by atoms with Crippen molar-refractivity contribution in [2.24, 2.45) is 0 Å². The largest absolute Gasteiger partial charge is 0.355 e. The molecule has 0 atom stereocenters. The molecule has 0 spiro atoms. The Labute approximate surface area is 96.2 Å². The number of rotatable bonds is 1. The van der Waals surface area contributed by atoms with Crippen LogP contribution in [0.15, 0.2) is 53.8 Å². The van der Waals surface area contributed by atoms with Gasteiger partial charge in [0.05, 0.1) is 0 Å². The Morgan fingerprint density at radius 1 is 1.25 bits per heavy atom. The lowest BCUT2D eigenvalue weighted by Gasteiger charge is -2.09. The van der Waals surface area contributed by atoms with Crippen molar-refractivity contribution in [1.29, 1.82) is 0 Å². The van der Waals surface area contributed by atoms with Crippen LogP contribution in [-0.2, 0) is 0 Å². The lowest BCUT2D eigenvalue weighted by molar-refractivity contribution is 1.38. The molecule has 0 amide bonds. The topological polar surface area (TPSA) is 12.0 Å². The summed E-state index contributed by atoms with van der Waals surface area (Å²) in [5.41, 5.74) is 4.50. The van der Waals surface area contributed by atoms with Gasteiger partial charge in [-0.1, -0.05) is 36.3 Å². The van der Waals surface area contributed by atoms with E-state index in [1.54, 1.807) is 6.08 Å². The molecular weight excluding hydrogens is 194 g/mol. The first kappa shape index (κ1) is 10.3. The predicted molar refractivity (Wildman–Crippen MR) is 69.8 cm³/mol. The third kappa shape index (κ3) is 2.07. The van der Waals surface area contributed by atoms with E-state index in [-0.39, 0.29) is 0 Å². The molecule has 0 fully saturated rings. The standard InChI is InChI=1S/C15H13N/c1-3-4-8-14-12(2)10-11-13-7-5-6-9-15(13)16-14/h1,4-11,16H,2H3/b8-4-. The van der Waals surface area contributed by atoms with Gasteiger partial charge in [0.1, 0.15) is 0 Å². The highest BCUT2D eigenvalue weighted by atomic mass is 14.9. The molecule has 1 heteroatoms. The third-order valence-corrected chi connectivity index (χ3v) is 2.51. The van der Waals surface area contributed by atoms with Gasteiger partial charge in [-0.2, -0.15) is 0 Å². The quantitative estimate of drug-likeness (QED) is 0.694. The Kier molecular flexibility index (Phi) is 2.93. The first-order valence-electron chi connectivity index (χ1n) is 5.19. The maximum atomic E-state index is 5.22. The molecule has 0 bridgehead atoms. The summed E-state index contributed by atoms with van der Waals surface area (Å²) in [4.78, 5) is 0. The van der Waals surface area contributed by atoms with Crippen molar-refractivity contribution in [2.75, 3.05) is 5.32 Å². The van der Waals surface area contributed by atoms with Crippen LogP contribution in [0.3, 0.4) is 0 Å². The van der Waals surface area contributed by atoms with Crippen molar-refractivity contribution in [3.63, 3.8) is 0 Å². The Morgan fingerprint density at radius 3 is 2.88 bits per heavy atom. The van der Waals surface area contributed by atoms with Gasteiger partial charge >= 0.3 is 0 Å². The second kappa shape index (κ2) is 4.55. The number of anilines is 1. The lowest BCUT2D eigenvalue weighted by atomic mass is 10.1. The van der Waals surface area contributed by atoms with Crippen LogP contribution in [0.25, 0.3) is 6.08 Å². The number of benzene rings is 1. The van der Waals surface area contributed by atoms with Crippen LogP contribution in [0.1, 0.15) is 12.5 Å². The smallest absolute Gasteiger partial charge is 0.0457 e. The molecule has 78 valence electrons. The average Bonchev–Trinajstić information content (AvgIpc) is 2.47. The molecule has 1 heterocycles. The van der Waals surface area contributed by atoms with Gasteiger partial charge in [0.2, 0.25) is 0 Å². The summed E-state index contributed by atoms with van der Waals surface area (Å²) in [6.07, 6.45) is 13.0. The highest BCUT2D eigenvalue weighted by Gasteiger charge is 2.05. The van der Waals surface area contributed by atoms with E-state index in [2.05, 4.69) is 42.4 Å². The zero-order chi connectivity index (χ0) is 11.4. The maximum absolute atomic E-state index is 5.22. The molecule has 1 N–H and O–H groups in total. The molecule has 1 aliphatic heterocycles. The van der Waals surface area contributed by atoms with Crippen molar-refractivity contribution < 1.29 is 0 Å². The minimum Gasteiger partial charge on any atom is -0.355 e. The number of terminal acetylenes is 1. The Bertz CT molecular complexity index is 525. The van der Waals surface area contributed by atoms with E-state index in [0.717, 1.165) is 11.4 Å². The van der Waals surface area contributed by atoms with Crippen LogP contribution in [0, 0.1) is 12.3 Å². The van der Waals surface area contributed by atoms with Gasteiger partial charge < -0.3 is 5.32 Å². The summed E-state index contributed by atoms with van der Waals surface area (Å²) < 4.78 is 0. The fourth-order valence-electron chi connectivity index (χ4n) is 1.61. The fraction of sp³-hybridized carbons (Fsp3) is 0.0667. The minimum atomic E-state index is 1.04. The average molecular weight is 207 g/mol. The second-order valence-electron chi connectivity index (χ2n) is 3.64. The van der Waals surface area contributed by atoms with Crippen molar-refractivity contribution in [3.8, 4) is 12.3 Å². The Morgan fingerprint density at radius 2 is 2.06 bits per heavy atom. The molecule has 2 rings (SSSR count). The molecule has 0 aliphatic carbocycles. The van der Waals surface area contributed by atoms with Gasteiger partial charge in [-0.05, 0) is 36.3 Å². The van der Waals surface area contributed by atoms with Gasteiger partial charge in [0.15, 0.2) is 0 Å². The molecule has 1 aromatic rings. The molecule has 1 aromatic carbocycles. The van der Waals surface area contributed by atoms with Crippen LogP contribution < -0.4 is 5.32 Å². The van der Waals surface area contributed by atoms with Crippen LogP contribution in [-0.4, -0.2) is 0 Å². The Balaban J connectivity index is 2.42. The monoisotopic (exact) mass is 207 g/mol. The SMILES string of the molecule is C#C/C=C\C1=C(C)C=Cc2ccccc2N1. The van der Waals surface area contributed by atoms with E-state index in [4.69, 9.17) is 6.42 Å². The van der Waals surface area contributed by atoms with E-state index in [9.17, 15) is 0 Å². The Hall–Kier alpha value is -2.20. The van der Waals surface area contributed by atoms with E-state index in [1.807, 2.05) is 18.2 Å². The lowest BCUT2D eigenvalue weighted by Crippen LogP contribution is -1.98. The second-order valence-corrected chi connectivity index (χ2v) is 3.64. The number of fused-ring (bicyclic) bond motifs is 1. The van der Waals surface area contributed by atoms with Crippen molar-refractivity contribution in [2.45, 2.75) is 6.92 Å². The van der Waals surface area contributed by atoms with Gasteiger partial charge in [0, 0.05) is 11.4 Å². The molecule has 0 unspecified atom stereocenters. The molecule has 0 aromatic heterocycles. The molecule has 0 radical (unpaired) electrons. The van der Waals surface area contributed by atoms with E-state index >= 15 is 0 Å². The summed E-state index contributed by atoms with van der Waals surface area (Å²) >= 11 is 0. The van der Waals surface area contributed by atoms with Crippen molar-refractivity contribution in [1.82, 2.24) is 0 Å². The van der Waals surface area contributed by atoms with Gasteiger partial charge in [-0.3, -0.25) is 0 Å². The third-order valence-electron chi connectivity index (χ3n) is 2.51. The number of nitrogens with one attached hydrogen (secondary N) is 1. The molecule has 0 saturated heterocycles. The van der Waals surface area contributed by atoms with Crippen LogP contribution in [0.4, 0.5) is 5.69 Å². The zero-order valence-corrected chi connectivity index (χ0v) is 9.20. The molecule has 1 nitrogen and oxygen atoms in total. The summed E-state index contributed by atoms with van der Waals surface area (Å²) in [6.45, 7) is 2.06. The fourth-order valence-corrected chi connectivity index (χ4v) is 1.61. The highest BCUT2D eigenvalue weighted by Crippen LogP contribution is 2.24. The van der Waals surface area contributed by atoms with Crippen LogP contribution >= 0.6 is 0 Å². The zero-order valence-electron chi connectivity index (χ0n) is 9.20. The van der Waals surface area contributed by atoms with Gasteiger partial charge in [0.25, 0.3) is 0 Å². The number of hydrogen-bond acceptors (Lipinski definition) is 1. The number of hydrogen-bond donors (Lipinski definition) is 1. The molecule has 16 heavy (non-hydrogen) atoms. The van der Waals surface area contributed by atoms with Crippen molar-refractivity contribution >= 4 is 11.8 Å². The van der Waals surface area contributed by atoms with Crippen LogP contribution in [0.5, 0.6) is 0 Å². The highest BCUT2D eigenvalue weighted by molar-refractivity contribution is 5.73. The van der Waals surface area contributed by atoms with Gasteiger partial charge in [-0.25, -0.2) is 0 Å². The number of para-hydroxylation sites is 1. The van der Waals surface area contributed by atoms with E-state index in [0.29, 0.717) is 0 Å². The first-order chi connectivity index (χ1) is 7.81. The summed E-state index contributed by atoms with van der Waals surface area (Å²) in [6, 6.07) is 8.19. The molecule has 0 saturated carbocycles. The van der Waals surface area contributed by atoms with Gasteiger partial charge in [-0.15, -0.1) is 6.42 Å². The predicted octanol–water partition coefficient (Wildman–Crippen LogP) is 3.59. The molecular formula is C15H13N. The summed E-state index contributed by atoms with van der Waals surface area (Å²) in [5.74, 6) is 2.50.